The first-order valence-corrected chi connectivity index (χ1v) is 5.50. The van der Waals surface area contributed by atoms with Crippen LogP contribution < -0.4 is 10.5 Å². The van der Waals surface area contributed by atoms with Crippen molar-refractivity contribution < 1.29 is 4.74 Å². The standard InChI is InChI=1S/C11H10BrN3O/c12-9-3-1-2-8(4-9)11-14-5-10(6-15-11)16-7-13/h1-6H,7,13H2. The topological polar surface area (TPSA) is 61.0 Å². The van der Waals surface area contributed by atoms with Crippen molar-refractivity contribution in [3.8, 4) is 17.1 Å². The number of nitrogens with two attached hydrogens (primary N) is 1. The highest BCUT2D eigenvalue weighted by molar-refractivity contribution is 9.10. The predicted molar refractivity (Wildman–Crippen MR) is 64.9 cm³/mol. The van der Waals surface area contributed by atoms with E-state index in [2.05, 4.69) is 25.9 Å². The van der Waals surface area contributed by atoms with Gasteiger partial charge in [-0.15, -0.1) is 0 Å². The van der Waals surface area contributed by atoms with E-state index in [-0.39, 0.29) is 6.73 Å². The molecule has 0 atom stereocenters. The number of halogens is 1. The fourth-order valence-electron chi connectivity index (χ4n) is 1.26. The summed E-state index contributed by atoms with van der Waals surface area (Å²) in [4.78, 5) is 8.39. The van der Waals surface area contributed by atoms with E-state index in [0.717, 1.165) is 10.0 Å². The predicted octanol–water partition coefficient (Wildman–Crippen LogP) is 2.20. The van der Waals surface area contributed by atoms with E-state index in [1.165, 1.54) is 0 Å². The van der Waals surface area contributed by atoms with Crippen LogP contribution in [0.4, 0.5) is 0 Å². The van der Waals surface area contributed by atoms with Crippen molar-refractivity contribution in [2.45, 2.75) is 0 Å². The molecule has 1 heterocycles. The van der Waals surface area contributed by atoms with Gasteiger partial charge in [0.2, 0.25) is 0 Å². The van der Waals surface area contributed by atoms with Crippen molar-refractivity contribution in [1.82, 2.24) is 9.97 Å². The zero-order chi connectivity index (χ0) is 11.4. The quantitative estimate of drug-likeness (QED) is 0.875. The second-order valence-electron chi connectivity index (χ2n) is 3.06. The molecule has 0 aliphatic rings. The van der Waals surface area contributed by atoms with Crippen LogP contribution in [-0.4, -0.2) is 16.7 Å². The second kappa shape index (κ2) is 5.05. The van der Waals surface area contributed by atoms with Crippen LogP contribution in [0.3, 0.4) is 0 Å². The zero-order valence-corrected chi connectivity index (χ0v) is 10.0. The highest BCUT2D eigenvalue weighted by Gasteiger charge is 2.01. The highest BCUT2D eigenvalue weighted by atomic mass is 79.9. The third kappa shape index (κ3) is 2.56. The van der Waals surface area contributed by atoms with Crippen LogP contribution in [0.15, 0.2) is 41.1 Å². The Morgan fingerprint density at radius 3 is 2.62 bits per heavy atom. The largest absolute Gasteiger partial charge is 0.475 e. The Morgan fingerprint density at radius 1 is 1.25 bits per heavy atom. The van der Waals surface area contributed by atoms with Gasteiger partial charge >= 0.3 is 0 Å². The van der Waals surface area contributed by atoms with Gasteiger partial charge in [0.15, 0.2) is 11.6 Å². The van der Waals surface area contributed by atoms with Gasteiger partial charge in [-0.25, -0.2) is 9.97 Å². The molecule has 5 heteroatoms. The Bertz CT molecular complexity index is 473. The Morgan fingerprint density at radius 2 is 2.00 bits per heavy atom. The molecule has 2 aromatic rings. The van der Waals surface area contributed by atoms with E-state index in [9.17, 15) is 0 Å². The molecular formula is C11H10BrN3O. The first kappa shape index (κ1) is 11.0. The lowest BCUT2D eigenvalue weighted by Crippen LogP contribution is -2.07. The molecule has 1 aromatic heterocycles. The molecule has 0 radical (unpaired) electrons. The molecule has 0 saturated heterocycles. The molecule has 82 valence electrons. The van der Waals surface area contributed by atoms with E-state index < -0.39 is 0 Å². The third-order valence-electron chi connectivity index (χ3n) is 1.96. The Hall–Kier alpha value is -1.46. The summed E-state index contributed by atoms with van der Waals surface area (Å²) in [6, 6.07) is 7.80. The van der Waals surface area contributed by atoms with Crippen molar-refractivity contribution in [2.24, 2.45) is 5.73 Å². The molecule has 2 N–H and O–H groups in total. The molecule has 0 aliphatic carbocycles. The Kier molecular flexibility index (Phi) is 3.48. The summed E-state index contributed by atoms with van der Waals surface area (Å²) in [6.07, 6.45) is 3.21. The van der Waals surface area contributed by atoms with Gasteiger partial charge in [0.05, 0.1) is 12.4 Å². The fourth-order valence-corrected chi connectivity index (χ4v) is 1.66. The van der Waals surface area contributed by atoms with Crippen LogP contribution in [0.5, 0.6) is 5.75 Å². The van der Waals surface area contributed by atoms with Crippen molar-refractivity contribution in [2.75, 3.05) is 6.73 Å². The normalized spacial score (nSPS) is 10.1. The number of benzene rings is 1. The maximum atomic E-state index is 5.25. The molecule has 16 heavy (non-hydrogen) atoms. The Labute approximate surface area is 102 Å². The lowest BCUT2D eigenvalue weighted by Gasteiger charge is -2.03. The van der Waals surface area contributed by atoms with Crippen LogP contribution in [0.2, 0.25) is 0 Å². The van der Waals surface area contributed by atoms with Crippen molar-refractivity contribution in [3.05, 3.63) is 41.1 Å². The van der Waals surface area contributed by atoms with Crippen LogP contribution in [0.1, 0.15) is 0 Å². The smallest absolute Gasteiger partial charge is 0.159 e. The van der Waals surface area contributed by atoms with E-state index in [1.54, 1.807) is 12.4 Å². The molecule has 0 spiro atoms. The number of hydrogen-bond donors (Lipinski definition) is 1. The van der Waals surface area contributed by atoms with E-state index in [4.69, 9.17) is 10.5 Å². The zero-order valence-electron chi connectivity index (χ0n) is 8.43. The number of hydrogen-bond acceptors (Lipinski definition) is 4. The SMILES string of the molecule is NCOc1cnc(-c2cccc(Br)c2)nc1. The van der Waals surface area contributed by atoms with Crippen LogP contribution in [0.25, 0.3) is 11.4 Å². The maximum absolute atomic E-state index is 5.25. The lowest BCUT2D eigenvalue weighted by molar-refractivity contribution is 0.327. The van der Waals surface area contributed by atoms with Gasteiger partial charge in [-0.3, -0.25) is 5.73 Å². The van der Waals surface area contributed by atoms with Crippen molar-refractivity contribution in [1.29, 1.82) is 0 Å². The average molecular weight is 280 g/mol. The lowest BCUT2D eigenvalue weighted by atomic mass is 10.2. The summed E-state index contributed by atoms with van der Waals surface area (Å²) < 4.78 is 6.06. The molecule has 0 aliphatic heterocycles. The highest BCUT2D eigenvalue weighted by Crippen LogP contribution is 2.20. The molecule has 0 fully saturated rings. The first-order chi connectivity index (χ1) is 7.79. The molecule has 0 bridgehead atoms. The monoisotopic (exact) mass is 279 g/mol. The summed E-state index contributed by atoms with van der Waals surface area (Å²) in [5.74, 6) is 1.23. The molecule has 0 unspecified atom stereocenters. The van der Waals surface area contributed by atoms with Gasteiger partial charge in [-0.05, 0) is 12.1 Å². The number of nitrogens with zero attached hydrogens (tertiary/aromatic N) is 2. The molecule has 2 rings (SSSR count). The molecule has 0 amide bonds. The van der Waals surface area contributed by atoms with Gasteiger partial charge < -0.3 is 4.74 Å². The minimum atomic E-state index is 0.125. The Balaban J connectivity index is 2.27. The summed E-state index contributed by atoms with van der Waals surface area (Å²) in [5, 5.41) is 0. The van der Waals surface area contributed by atoms with Gasteiger partial charge in [0, 0.05) is 10.0 Å². The van der Waals surface area contributed by atoms with E-state index in [1.807, 2.05) is 24.3 Å². The van der Waals surface area contributed by atoms with Crippen LogP contribution >= 0.6 is 15.9 Å². The van der Waals surface area contributed by atoms with Crippen molar-refractivity contribution >= 4 is 15.9 Å². The summed E-state index contributed by atoms with van der Waals surface area (Å²) in [6.45, 7) is 0.125. The van der Waals surface area contributed by atoms with E-state index in [0.29, 0.717) is 11.6 Å². The van der Waals surface area contributed by atoms with E-state index >= 15 is 0 Å². The average Bonchev–Trinajstić information content (AvgIpc) is 2.30. The fraction of sp³-hybridized carbons (Fsp3) is 0.0909. The molecule has 4 nitrogen and oxygen atoms in total. The third-order valence-corrected chi connectivity index (χ3v) is 2.45. The maximum Gasteiger partial charge on any atom is 0.159 e. The number of aromatic nitrogens is 2. The minimum absolute atomic E-state index is 0.125. The second-order valence-corrected chi connectivity index (χ2v) is 3.98. The first-order valence-electron chi connectivity index (χ1n) is 4.70. The minimum Gasteiger partial charge on any atom is -0.475 e. The summed E-state index contributed by atoms with van der Waals surface area (Å²) in [5.41, 5.74) is 6.20. The van der Waals surface area contributed by atoms with Gasteiger partial charge in [0.1, 0.15) is 6.73 Å². The van der Waals surface area contributed by atoms with Gasteiger partial charge in [-0.2, -0.15) is 0 Å². The number of ether oxygens (including phenoxy) is 1. The van der Waals surface area contributed by atoms with Gasteiger partial charge in [-0.1, -0.05) is 28.1 Å². The molecule has 1 aromatic carbocycles. The summed E-state index contributed by atoms with van der Waals surface area (Å²) in [7, 11) is 0. The molecular weight excluding hydrogens is 270 g/mol. The molecule has 0 saturated carbocycles. The summed E-state index contributed by atoms with van der Waals surface area (Å²) >= 11 is 3.40. The van der Waals surface area contributed by atoms with Gasteiger partial charge in [0.25, 0.3) is 0 Å². The van der Waals surface area contributed by atoms with Crippen molar-refractivity contribution in [3.63, 3.8) is 0 Å². The number of rotatable bonds is 3. The van der Waals surface area contributed by atoms with Crippen LogP contribution in [0, 0.1) is 0 Å². The van der Waals surface area contributed by atoms with Crippen LogP contribution in [-0.2, 0) is 0 Å².